The van der Waals surface area contributed by atoms with Crippen molar-refractivity contribution in [3.8, 4) is 0 Å². The number of nitrogens with zero attached hydrogens (tertiary/aromatic N) is 3. The van der Waals surface area contributed by atoms with E-state index in [2.05, 4.69) is 25.6 Å². The summed E-state index contributed by atoms with van der Waals surface area (Å²) in [5.74, 6) is 0.274. The lowest BCUT2D eigenvalue weighted by Crippen LogP contribution is -2.23. The molecule has 2 aromatic heterocycles. The minimum absolute atomic E-state index is 0.197. The van der Waals surface area contributed by atoms with E-state index in [9.17, 15) is 4.79 Å². The number of benzene rings is 1. The van der Waals surface area contributed by atoms with Crippen LogP contribution >= 0.6 is 0 Å². The highest BCUT2D eigenvalue weighted by molar-refractivity contribution is 5.93. The third-order valence-corrected chi connectivity index (χ3v) is 3.38. The van der Waals surface area contributed by atoms with Crippen molar-refractivity contribution < 1.29 is 4.79 Å². The number of rotatable bonds is 6. The summed E-state index contributed by atoms with van der Waals surface area (Å²) < 4.78 is 0. The highest BCUT2D eigenvalue weighted by atomic mass is 16.1. The molecular formula is C18H17N5O. The average molecular weight is 319 g/mol. The number of carbonyl (C=O) groups excluding carboxylic acids is 1. The van der Waals surface area contributed by atoms with Gasteiger partial charge in [0.2, 0.25) is 5.95 Å². The van der Waals surface area contributed by atoms with Crippen molar-refractivity contribution >= 4 is 11.9 Å². The maximum absolute atomic E-state index is 12.1. The summed E-state index contributed by atoms with van der Waals surface area (Å²) in [6.07, 6.45) is 6.53. The third-order valence-electron chi connectivity index (χ3n) is 3.38. The molecule has 0 atom stereocenters. The lowest BCUT2D eigenvalue weighted by atomic mass is 10.2. The van der Waals surface area contributed by atoms with Crippen molar-refractivity contribution in [3.63, 3.8) is 0 Å². The molecule has 0 saturated carbocycles. The van der Waals surface area contributed by atoms with Crippen LogP contribution in [0.25, 0.3) is 0 Å². The highest BCUT2D eigenvalue weighted by Crippen LogP contribution is 2.04. The Hall–Kier alpha value is -3.28. The van der Waals surface area contributed by atoms with E-state index in [1.165, 1.54) is 12.4 Å². The number of pyridine rings is 1. The van der Waals surface area contributed by atoms with Crippen LogP contribution in [-0.2, 0) is 13.1 Å². The van der Waals surface area contributed by atoms with Crippen LogP contribution in [0.15, 0.2) is 67.3 Å². The van der Waals surface area contributed by atoms with E-state index in [1.54, 1.807) is 12.4 Å². The van der Waals surface area contributed by atoms with Crippen LogP contribution < -0.4 is 10.6 Å². The van der Waals surface area contributed by atoms with Crippen molar-refractivity contribution in [1.29, 1.82) is 0 Å². The van der Waals surface area contributed by atoms with Gasteiger partial charge in [0.05, 0.1) is 5.56 Å². The molecule has 0 aliphatic heterocycles. The molecule has 3 aromatic rings. The molecule has 2 N–H and O–H groups in total. The SMILES string of the molecule is O=C(NCc1ccccc1)c1cnc(NCc2cccnc2)nc1. The summed E-state index contributed by atoms with van der Waals surface area (Å²) >= 11 is 0. The number of hydrogen-bond donors (Lipinski definition) is 2. The summed E-state index contributed by atoms with van der Waals surface area (Å²) in [7, 11) is 0. The Labute approximate surface area is 140 Å². The zero-order valence-electron chi connectivity index (χ0n) is 13.0. The molecule has 1 aromatic carbocycles. The van der Waals surface area contributed by atoms with Crippen molar-refractivity contribution in [2.75, 3.05) is 5.32 Å². The standard InChI is InChI=1S/C18H17N5O/c24-17(20-10-14-5-2-1-3-6-14)16-12-22-18(23-13-16)21-11-15-7-4-8-19-9-15/h1-9,12-13H,10-11H2,(H,20,24)(H,21,22,23). The molecule has 120 valence electrons. The first-order valence-electron chi connectivity index (χ1n) is 7.58. The van der Waals surface area contributed by atoms with E-state index in [4.69, 9.17) is 0 Å². The van der Waals surface area contributed by atoms with Gasteiger partial charge >= 0.3 is 0 Å². The van der Waals surface area contributed by atoms with Gasteiger partial charge in [0, 0.05) is 37.9 Å². The summed E-state index contributed by atoms with van der Waals surface area (Å²) in [5, 5.41) is 5.94. The zero-order valence-corrected chi connectivity index (χ0v) is 13.0. The fraction of sp³-hybridized carbons (Fsp3) is 0.111. The van der Waals surface area contributed by atoms with Crippen LogP contribution in [0.3, 0.4) is 0 Å². The van der Waals surface area contributed by atoms with Gasteiger partial charge in [0.1, 0.15) is 0 Å². The van der Waals surface area contributed by atoms with Gasteiger partial charge in [-0.3, -0.25) is 9.78 Å². The van der Waals surface area contributed by atoms with Gasteiger partial charge in [0.25, 0.3) is 5.91 Å². The highest BCUT2D eigenvalue weighted by Gasteiger charge is 2.07. The Morgan fingerprint density at radius 3 is 2.33 bits per heavy atom. The zero-order chi connectivity index (χ0) is 16.6. The first-order chi connectivity index (χ1) is 11.8. The van der Waals surface area contributed by atoms with Crippen LogP contribution in [0.2, 0.25) is 0 Å². The second-order valence-corrected chi connectivity index (χ2v) is 5.18. The number of nitrogens with one attached hydrogen (secondary N) is 2. The molecule has 6 nitrogen and oxygen atoms in total. The molecule has 6 heteroatoms. The number of hydrogen-bond acceptors (Lipinski definition) is 5. The molecule has 0 bridgehead atoms. The third kappa shape index (κ3) is 4.36. The molecular weight excluding hydrogens is 302 g/mol. The number of aromatic nitrogens is 3. The minimum atomic E-state index is -0.197. The van der Waals surface area contributed by atoms with Gasteiger partial charge < -0.3 is 10.6 Å². The predicted octanol–water partition coefficient (Wildman–Crippen LogP) is 2.41. The lowest BCUT2D eigenvalue weighted by Gasteiger charge is -2.07. The molecule has 0 spiro atoms. The largest absolute Gasteiger partial charge is 0.350 e. The molecule has 0 aliphatic carbocycles. The van der Waals surface area contributed by atoms with Gasteiger partial charge in [-0.05, 0) is 17.2 Å². The number of amides is 1. The van der Waals surface area contributed by atoms with Gasteiger partial charge in [-0.15, -0.1) is 0 Å². The summed E-state index contributed by atoms with van der Waals surface area (Å²) in [5.41, 5.74) is 2.50. The van der Waals surface area contributed by atoms with Gasteiger partial charge in [0.15, 0.2) is 0 Å². The molecule has 0 unspecified atom stereocenters. The van der Waals surface area contributed by atoms with E-state index in [0.29, 0.717) is 24.6 Å². The summed E-state index contributed by atoms with van der Waals surface area (Å²) in [4.78, 5) is 24.5. The normalized spacial score (nSPS) is 10.2. The van der Waals surface area contributed by atoms with E-state index in [1.807, 2.05) is 42.5 Å². The summed E-state index contributed by atoms with van der Waals surface area (Å²) in [6, 6.07) is 13.6. The Morgan fingerprint density at radius 1 is 0.875 bits per heavy atom. The lowest BCUT2D eigenvalue weighted by molar-refractivity contribution is 0.0950. The first-order valence-corrected chi connectivity index (χ1v) is 7.58. The van der Waals surface area contributed by atoms with Crippen LogP contribution in [0, 0.1) is 0 Å². The molecule has 0 saturated heterocycles. The van der Waals surface area contributed by atoms with Crippen LogP contribution in [0.1, 0.15) is 21.5 Å². The number of carbonyl (C=O) groups is 1. The Morgan fingerprint density at radius 2 is 1.62 bits per heavy atom. The molecule has 3 rings (SSSR count). The smallest absolute Gasteiger partial charge is 0.254 e. The monoisotopic (exact) mass is 319 g/mol. The fourth-order valence-electron chi connectivity index (χ4n) is 2.10. The van der Waals surface area contributed by atoms with Crippen LogP contribution in [0.5, 0.6) is 0 Å². The van der Waals surface area contributed by atoms with Crippen LogP contribution in [0.4, 0.5) is 5.95 Å². The minimum Gasteiger partial charge on any atom is -0.350 e. The second-order valence-electron chi connectivity index (χ2n) is 5.18. The van der Waals surface area contributed by atoms with Gasteiger partial charge in [-0.25, -0.2) is 9.97 Å². The Kier molecular flexibility index (Phi) is 5.09. The molecule has 0 radical (unpaired) electrons. The quantitative estimate of drug-likeness (QED) is 0.729. The fourth-order valence-corrected chi connectivity index (χ4v) is 2.10. The molecule has 1 amide bonds. The predicted molar refractivity (Wildman–Crippen MR) is 91.2 cm³/mol. The van der Waals surface area contributed by atoms with E-state index in [0.717, 1.165) is 11.1 Å². The maximum Gasteiger partial charge on any atom is 0.254 e. The first kappa shape index (κ1) is 15.6. The van der Waals surface area contributed by atoms with E-state index >= 15 is 0 Å². The molecule has 2 heterocycles. The Balaban J connectivity index is 1.53. The van der Waals surface area contributed by atoms with E-state index in [-0.39, 0.29) is 5.91 Å². The van der Waals surface area contributed by atoms with Crippen molar-refractivity contribution in [2.24, 2.45) is 0 Å². The second kappa shape index (κ2) is 7.82. The average Bonchev–Trinajstić information content (AvgIpc) is 2.66. The maximum atomic E-state index is 12.1. The van der Waals surface area contributed by atoms with Gasteiger partial charge in [-0.1, -0.05) is 36.4 Å². The van der Waals surface area contributed by atoms with E-state index < -0.39 is 0 Å². The van der Waals surface area contributed by atoms with Crippen molar-refractivity contribution in [1.82, 2.24) is 20.3 Å². The topological polar surface area (TPSA) is 79.8 Å². The van der Waals surface area contributed by atoms with Gasteiger partial charge in [-0.2, -0.15) is 0 Å². The molecule has 0 fully saturated rings. The molecule has 24 heavy (non-hydrogen) atoms. The van der Waals surface area contributed by atoms with Crippen molar-refractivity contribution in [3.05, 3.63) is 83.9 Å². The van der Waals surface area contributed by atoms with Crippen LogP contribution in [-0.4, -0.2) is 20.9 Å². The molecule has 0 aliphatic rings. The Bertz CT molecular complexity index is 776. The summed E-state index contributed by atoms with van der Waals surface area (Å²) in [6.45, 7) is 1.05. The van der Waals surface area contributed by atoms with Crippen molar-refractivity contribution in [2.45, 2.75) is 13.1 Å². The number of anilines is 1.